The number of carbonyl (C=O) groups is 1. The minimum Gasteiger partial charge on any atom is -0.487 e. The van der Waals surface area contributed by atoms with Gasteiger partial charge in [-0.05, 0) is 51.2 Å². The minimum absolute atomic E-state index is 0.00246. The molecule has 1 saturated carbocycles. The number of fused-ring (bicyclic) bond motifs is 1. The minimum atomic E-state index is -0.297. The molecule has 8 heteroatoms. The number of thiazole rings is 1. The van der Waals surface area contributed by atoms with Crippen LogP contribution in [0.3, 0.4) is 0 Å². The van der Waals surface area contributed by atoms with E-state index in [0.29, 0.717) is 22.6 Å². The molecular formula is C21H28FN3O3S. The lowest BCUT2D eigenvalue weighted by molar-refractivity contribution is -0.120. The zero-order valence-corrected chi connectivity index (χ0v) is 17.8. The summed E-state index contributed by atoms with van der Waals surface area (Å²) < 4.78 is 27.5. The quantitative estimate of drug-likeness (QED) is 0.735. The van der Waals surface area contributed by atoms with Crippen molar-refractivity contribution in [2.75, 3.05) is 24.6 Å². The average Bonchev–Trinajstić information content (AvgIpc) is 3.06. The number of halogens is 1. The molecule has 1 atom stereocenters. The van der Waals surface area contributed by atoms with Gasteiger partial charge in [-0.3, -0.25) is 4.79 Å². The van der Waals surface area contributed by atoms with Crippen LogP contribution >= 0.6 is 11.3 Å². The Balaban J connectivity index is 1.30. The molecule has 1 saturated heterocycles. The van der Waals surface area contributed by atoms with E-state index >= 15 is 0 Å². The zero-order valence-electron chi connectivity index (χ0n) is 16.9. The van der Waals surface area contributed by atoms with E-state index in [-0.39, 0.29) is 30.0 Å². The van der Waals surface area contributed by atoms with E-state index in [4.69, 9.17) is 9.47 Å². The Morgan fingerprint density at radius 3 is 2.69 bits per heavy atom. The summed E-state index contributed by atoms with van der Waals surface area (Å²) in [6.45, 7) is 5.95. The number of hydrogen-bond acceptors (Lipinski definition) is 6. The maximum absolute atomic E-state index is 15.0. The molecule has 0 unspecified atom stereocenters. The summed E-state index contributed by atoms with van der Waals surface area (Å²) in [6, 6.07) is 3.56. The normalized spacial score (nSPS) is 22.9. The summed E-state index contributed by atoms with van der Waals surface area (Å²) in [5.74, 6) is -0.0237. The Morgan fingerprint density at radius 2 is 2.03 bits per heavy atom. The van der Waals surface area contributed by atoms with Crippen LogP contribution in [-0.2, 0) is 9.53 Å². The third-order valence-corrected chi connectivity index (χ3v) is 6.65. The van der Waals surface area contributed by atoms with Gasteiger partial charge in [0.1, 0.15) is 0 Å². The van der Waals surface area contributed by atoms with Crippen LogP contribution in [0.25, 0.3) is 10.2 Å². The van der Waals surface area contributed by atoms with E-state index in [1.165, 1.54) is 24.7 Å². The molecule has 2 aliphatic rings. The van der Waals surface area contributed by atoms with E-state index < -0.39 is 0 Å². The number of carbonyl (C=O) groups excluding carboxylic acids is 1. The Morgan fingerprint density at radius 1 is 1.31 bits per heavy atom. The fourth-order valence-corrected chi connectivity index (χ4v) is 4.88. The molecule has 2 heterocycles. The predicted molar refractivity (Wildman–Crippen MR) is 112 cm³/mol. The lowest BCUT2D eigenvalue weighted by atomic mass is 9.95. The Bertz CT molecular complexity index is 862. The number of ether oxygens (including phenoxy) is 2. The summed E-state index contributed by atoms with van der Waals surface area (Å²) >= 11 is 1.41. The highest BCUT2D eigenvalue weighted by Crippen LogP contribution is 2.37. The van der Waals surface area contributed by atoms with Gasteiger partial charge in [0.05, 0.1) is 29.0 Å². The maximum atomic E-state index is 15.0. The standard InChI is InChI=1S/C21H28FN3O3S/c1-13(23-14(2)26)12-27-15-4-6-16(7-5-15)28-18-9-8-17-20(19(18)22)29-21(24-17)25-10-3-11-25/h8-9,13,15-16H,3-7,10-12H2,1-2H3,(H,23,26)/t13-,15-,16-/m0/s1. The summed E-state index contributed by atoms with van der Waals surface area (Å²) in [5.41, 5.74) is 0.701. The molecular weight excluding hydrogens is 393 g/mol. The first-order chi connectivity index (χ1) is 14.0. The van der Waals surface area contributed by atoms with Crippen LogP contribution in [0.1, 0.15) is 46.0 Å². The number of amides is 1. The van der Waals surface area contributed by atoms with Gasteiger partial charge in [0, 0.05) is 26.1 Å². The molecule has 6 nitrogen and oxygen atoms in total. The molecule has 1 amide bonds. The molecule has 158 valence electrons. The zero-order chi connectivity index (χ0) is 20.4. The third-order valence-electron chi connectivity index (χ3n) is 5.52. The van der Waals surface area contributed by atoms with Crippen LogP contribution < -0.4 is 15.0 Å². The van der Waals surface area contributed by atoms with Crippen LogP contribution in [-0.4, -0.2) is 48.8 Å². The number of rotatable bonds is 7. The van der Waals surface area contributed by atoms with Gasteiger partial charge < -0.3 is 19.7 Å². The van der Waals surface area contributed by atoms with Gasteiger partial charge in [-0.15, -0.1) is 0 Å². The van der Waals surface area contributed by atoms with E-state index in [0.717, 1.165) is 43.9 Å². The molecule has 1 N–H and O–H groups in total. The molecule has 4 rings (SSSR count). The van der Waals surface area contributed by atoms with Crippen LogP contribution in [0.4, 0.5) is 9.52 Å². The highest BCUT2D eigenvalue weighted by atomic mass is 32.1. The molecule has 2 aromatic rings. The first kappa shape index (κ1) is 20.3. The van der Waals surface area contributed by atoms with Gasteiger partial charge in [-0.2, -0.15) is 0 Å². The number of hydrogen-bond donors (Lipinski definition) is 1. The SMILES string of the molecule is CC(=O)N[C@@H](C)CO[C@H]1CC[C@H](Oc2ccc3nc(N4CCC4)sc3c2F)CC1. The fourth-order valence-electron chi connectivity index (χ4n) is 3.83. The van der Waals surface area contributed by atoms with Gasteiger partial charge in [-0.1, -0.05) is 11.3 Å². The summed E-state index contributed by atoms with van der Waals surface area (Å²) in [6.07, 6.45) is 4.75. The van der Waals surface area contributed by atoms with E-state index in [1.54, 1.807) is 6.07 Å². The lowest BCUT2D eigenvalue weighted by Gasteiger charge is -2.30. The van der Waals surface area contributed by atoms with Crippen molar-refractivity contribution in [3.8, 4) is 5.75 Å². The topological polar surface area (TPSA) is 63.7 Å². The second kappa shape index (κ2) is 8.83. The van der Waals surface area contributed by atoms with Crippen molar-refractivity contribution in [2.45, 2.75) is 64.2 Å². The lowest BCUT2D eigenvalue weighted by Crippen LogP contribution is -2.36. The van der Waals surface area contributed by atoms with Crippen molar-refractivity contribution < 1.29 is 18.7 Å². The van der Waals surface area contributed by atoms with E-state index in [2.05, 4.69) is 15.2 Å². The van der Waals surface area contributed by atoms with Gasteiger partial charge in [-0.25, -0.2) is 9.37 Å². The predicted octanol–water partition coefficient (Wildman–Crippen LogP) is 3.88. The van der Waals surface area contributed by atoms with Crippen molar-refractivity contribution in [2.24, 2.45) is 0 Å². The second-order valence-corrected chi connectivity index (χ2v) is 8.99. The smallest absolute Gasteiger partial charge is 0.217 e. The van der Waals surface area contributed by atoms with Gasteiger partial charge in [0.15, 0.2) is 16.7 Å². The van der Waals surface area contributed by atoms with Gasteiger partial charge in [0.25, 0.3) is 0 Å². The highest BCUT2D eigenvalue weighted by molar-refractivity contribution is 7.22. The van der Waals surface area contributed by atoms with Crippen molar-refractivity contribution in [3.63, 3.8) is 0 Å². The summed E-state index contributed by atoms with van der Waals surface area (Å²) in [7, 11) is 0. The van der Waals surface area contributed by atoms with Crippen LogP contribution in [0.5, 0.6) is 5.75 Å². The molecule has 29 heavy (non-hydrogen) atoms. The summed E-state index contributed by atoms with van der Waals surface area (Å²) in [5, 5.41) is 3.72. The van der Waals surface area contributed by atoms with Crippen molar-refractivity contribution >= 4 is 32.6 Å². The number of nitrogens with one attached hydrogen (secondary N) is 1. The Kier molecular flexibility index (Phi) is 6.20. The highest BCUT2D eigenvalue weighted by Gasteiger charge is 2.26. The van der Waals surface area contributed by atoms with Gasteiger partial charge >= 0.3 is 0 Å². The number of benzene rings is 1. The molecule has 2 fully saturated rings. The monoisotopic (exact) mass is 421 g/mol. The third kappa shape index (κ3) is 4.80. The van der Waals surface area contributed by atoms with Crippen LogP contribution in [0.15, 0.2) is 12.1 Å². The van der Waals surface area contributed by atoms with Crippen LogP contribution in [0.2, 0.25) is 0 Å². The van der Waals surface area contributed by atoms with Gasteiger partial charge in [0.2, 0.25) is 5.91 Å². The molecule has 0 spiro atoms. The largest absolute Gasteiger partial charge is 0.487 e. The molecule has 0 bridgehead atoms. The number of anilines is 1. The molecule has 1 aliphatic carbocycles. The van der Waals surface area contributed by atoms with E-state index in [9.17, 15) is 9.18 Å². The number of aromatic nitrogens is 1. The maximum Gasteiger partial charge on any atom is 0.217 e. The Labute approximate surface area is 174 Å². The van der Waals surface area contributed by atoms with E-state index in [1.807, 2.05) is 13.0 Å². The molecule has 0 radical (unpaired) electrons. The second-order valence-electron chi connectivity index (χ2n) is 8.01. The van der Waals surface area contributed by atoms with Crippen molar-refractivity contribution in [3.05, 3.63) is 17.9 Å². The first-order valence-electron chi connectivity index (χ1n) is 10.4. The van der Waals surface area contributed by atoms with Crippen LogP contribution in [0, 0.1) is 5.82 Å². The fraction of sp³-hybridized carbons (Fsp3) is 0.619. The van der Waals surface area contributed by atoms with Crippen molar-refractivity contribution in [1.82, 2.24) is 10.3 Å². The number of nitrogens with zero attached hydrogens (tertiary/aromatic N) is 2. The Hall–Kier alpha value is -1.93. The molecule has 1 aliphatic heterocycles. The molecule has 1 aromatic carbocycles. The molecule has 1 aromatic heterocycles. The van der Waals surface area contributed by atoms with Crippen molar-refractivity contribution in [1.29, 1.82) is 0 Å². The summed E-state index contributed by atoms with van der Waals surface area (Å²) in [4.78, 5) is 17.8. The first-order valence-corrected chi connectivity index (χ1v) is 11.2. The average molecular weight is 422 g/mol.